The maximum atomic E-state index is 5.62. The highest BCUT2D eigenvalue weighted by atomic mass is 35.5. The quantitative estimate of drug-likeness (QED) is 0.697. The van der Waals surface area contributed by atoms with Crippen molar-refractivity contribution >= 4 is 11.6 Å². The summed E-state index contributed by atoms with van der Waals surface area (Å²) in [5.41, 5.74) is 0. The summed E-state index contributed by atoms with van der Waals surface area (Å²) < 4.78 is 5.11. The molecular weight excluding hydrogens is 188 g/mol. The van der Waals surface area contributed by atoms with E-state index in [9.17, 15) is 0 Å². The molecule has 1 heterocycles. The van der Waals surface area contributed by atoms with Crippen molar-refractivity contribution in [2.45, 2.75) is 31.6 Å². The van der Waals surface area contributed by atoms with E-state index >= 15 is 0 Å². The van der Waals surface area contributed by atoms with Gasteiger partial charge in [0.25, 0.3) is 5.28 Å². The highest BCUT2D eigenvalue weighted by Crippen LogP contribution is 2.52. The van der Waals surface area contributed by atoms with Gasteiger partial charge in [-0.1, -0.05) is 6.42 Å². The topological polar surface area (TPSA) is 38.9 Å². The smallest absolute Gasteiger partial charge is 0.263 e. The average molecular weight is 199 g/mol. The molecule has 0 spiro atoms. The van der Waals surface area contributed by atoms with E-state index in [-0.39, 0.29) is 5.28 Å². The Labute approximate surface area is 81.5 Å². The molecule has 0 N–H and O–H groups in total. The van der Waals surface area contributed by atoms with Crippen molar-refractivity contribution in [1.82, 2.24) is 10.1 Å². The van der Waals surface area contributed by atoms with Gasteiger partial charge in [-0.05, 0) is 47.9 Å². The van der Waals surface area contributed by atoms with Crippen LogP contribution in [0.3, 0.4) is 0 Å². The third-order valence-electron chi connectivity index (χ3n) is 3.47. The maximum Gasteiger partial charge on any atom is 0.263 e. The van der Waals surface area contributed by atoms with Crippen molar-refractivity contribution in [2.24, 2.45) is 11.8 Å². The molecule has 3 nitrogen and oxygen atoms in total. The van der Waals surface area contributed by atoms with Crippen LogP contribution in [0.15, 0.2) is 4.52 Å². The molecule has 3 unspecified atom stereocenters. The van der Waals surface area contributed by atoms with E-state index in [1.807, 2.05) is 0 Å². The third kappa shape index (κ3) is 1.17. The first-order chi connectivity index (χ1) is 6.33. The summed E-state index contributed by atoms with van der Waals surface area (Å²) in [6.07, 6.45) is 5.30. The first kappa shape index (κ1) is 7.80. The molecule has 13 heavy (non-hydrogen) atoms. The normalized spacial score (nSPS) is 37.2. The van der Waals surface area contributed by atoms with Gasteiger partial charge in [0.15, 0.2) is 0 Å². The third-order valence-corrected chi connectivity index (χ3v) is 3.63. The highest BCUT2D eigenvalue weighted by molar-refractivity contribution is 6.28. The van der Waals surface area contributed by atoms with Crippen LogP contribution in [0.25, 0.3) is 0 Å². The van der Waals surface area contributed by atoms with Gasteiger partial charge in [-0.2, -0.15) is 4.98 Å². The Hall–Kier alpha value is -0.570. The highest BCUT2D eigenvalue weighted by Gasteiger charge is 2.42. The SMILES string of the molecule is Clc1noc(C2CC3CCC2C3)n1. The minimum Gasteiger partial charge on any atom is -0.338 e. The molecule has 2 saturated carbocycles. The Bertz CT molecular complexity index is 325. The predicted molar refractivity (Wildman–Crippen MR) is 47.5 cm³/mol. The van der Waals surface area contributed by atoms with E-state index in [1.54, 1.807) is 0 Å². The van der Waals surface area contributed by atoms with Crippen molar-refractivity contribution in [3.05, 3.63) is 11.2 Å². The van der Waals surface area contributed by atoms with Crippen molar-refractivity contribution in [2.75, 3.05) is 0 Å². The Morgan fingerprint density at radius 1 is 1.31 bits per heavy atom. The zero-order chi connectivity index (χ0) is 8.84. The number of hydrogen-bond acceptors (Lipinski definition) is 3. The van der Waals surface area contributed by atoms with Crippen LogP contribution in [0.2, 0.25) is 5.28 Å². The van der Waals surface area contributed by atoms with Gasteiger partial charge in [0.2, 0.25) is 5.89 Å². The van der Waals surface area contributed by atoms with Crippen LogP contribution in [0.4, 0.5) is 0 Å². The lowest BCUT2D eigenvalue weighted by atomic mass is 9.89. The first-order valence-corrected chi connectivity index (χ1v) is 5.20. The van der Waals surface area contributed by atoms with E-state index in [1.165, 1.54) is 25.7 Å². The zero-order valence-electron chi connectivity index (χ0n) is 7.24. The second kappa shape index (κ2) is 2.71. The Balaban J connectivity index is 1.87. The number of halogens is 1. The zero-order valence-corrected chi connectivity index (χ0v) is 8.00. The monoisotopic (exact) mass is 198 g/mol. The van der Waals surface area contributed by atoms with Gasteiger partial charge in [-0.25, -0.2) is 0 Å². The van der Waals surface area contributed by atoms with E-state index < -0.39 is 0 Å². The molecule has 0 aliphatic heterocycles. The van der Waals surface area contributed by atoms with Crippen molar-refractivity contribution in [3.8, 4) is 0 Å². The summed E-state index contributed by atoms with van der Waals surface area (Å²) in [6.45, 7) is 0. The van der Waals surface area contributed by atoms with Gasteiger partial charge in [0.1, 0.15) is 0 Å². The molecule has 0 saturated heterocycles. The van der Waals surface area contributed by atoms with Gasteiger partial charge < -0.3 is 4.52 Å². The van der Waals surface area contributed by atoms with Crippen LogP contribution in [-0.4, -0.2) is 10.1 Å². The van der Waals surface area contributed by atoms with Crippen LogP contribution >= 0.6 is 11.6 Å². The minimum absolute atomic E-state index is 0.248. The lowest BCUT2D eigenvalue weighted by Crippen LogP contribution is -2.08. The number of aromatic nitrogens is 2. The fourth-order valence-corrected chi connectivity index (χ4v) is 3.03. The molecule has 3 atom stereocenters. The summed E-state index contributed by atoms with van der Waals surface area (Å²) in [6, 6.07) is 0. The molecule has 2 bridgehead atoms. The van der Waals surface area contributed by atoms with Crippen molar-refractivity contribution < 1.29 is 4.52 Å². The van der Waals surface area contributed by atoms with Crippen LogP contribution < -0.4 is 0 Å². The van der Waals surface area contributed by atoms with Gasteiger partial charge in [0.05, 0.1) is 0 Å². The summed E-state index contributed by atoms with van der Waals surface area (Å²) in [7, 11) is 0. The molecule has 1 aromatic heterocycles. The van der Waals surface area contributed by atoms with E-state index in [2.05, 4.69) is 10.1 Å². The molecular formula is C9H11ClN2O. The van der Waals surface area contributed by atoms with E-state index in [0.29, 0.717) is 5.92 Å². The lowest BCUT2D eigenvalue weighted by Gasteiger charge is -2.16. The summed E-state index contributed by atoms with van der Waals surface area (Å²) in [5, 5.41) is 3.87. The fourth-order valence-electron chi connectivity index (χ4n) is 2.91. The Morgan fingerprint density at radius 3 is 2.77 bits per heavy atom. The lowest BCUT2D eigenvalue weighted by molar-refractivity contribution is 0.302. The summed E-state index contributed by atoms with van der Waals surface area (Å²) in [5.74, 6) is 2.94. The van der Waals surface area contributed by atoms with Gasteiger partial charge in [-0.3, -0.25) is 0 Å². The largest absolute Gasteiger partial charge is 0.338 e. The van der Waals surface area contributed by atoms with Crippen LogP contribution in [-0.2, 0) is 0 Å². The summed E-state index contributed by atoms with van der Waals surface area (Å²) >= 11 is 5.62. The first-order valence-electron chi connectivity index (χ1n) is 4.82. The number of fused-ring (bicyclic) bond motifs is 2. The molecule has 2 fully saturated rings. The average Bonchev–Trinajstić information content (AvgIpc) is 2.77. The molecule has 70 valence electrons. The molecule has 3 rings (SSSR count). The van der Waals surface area contributed by atoms with Crippen LogP contribution in [0.5, 0.6) is 0 Å². The van der Waals surface area contributed by atoms with Crippen molar-refractivity contribution in [1.29, 1.82) is 0 Å². The number of nitrogens with zero attached hydrogens (tertiary/aromatic N) is 2. The van der Waals surface area contributed by atoms with E-state index in [0.717, 1.165) is 17.7 Å². The summed E-state index contributed by atoms with van der Waals surface area (Å²) in [4.78, 5) is 4.10. The van der Waals surface area contributed by atoms with E-state index in [4.69, 9.17) is 16.1 Å². The minimum atomic E-state index is 0.248. The Morgan fingerprint density at radius 2 is 2.23 bits per heavy atom. The van der Waals surface area contributed by atoms with Gasteiger partial charge in [-0.15, -0.1) is 0 Å². The Kier molecular flexibility index (Phi) is 1.62. The van der Waals surface area contributed by atoms with Gasteiger partial charge >= 0.3 is 0 Å². The molecule has 0 aromatic carbocycles. The fraction of sp³-hybridized carbons (Fsp3) is 0.778. The molecule has 1 aromatic rings. The second-order valence-corrected chi connectivity index (χ2v) is 4.52. The predicted octanol–water partition coefficient (Wildman–Crippen LogP) is 2.63. The van der Waals surface area contributed by atoms with Crippen LogP contribution in [0, 0.1) is 11.8 Å². The standard InChI is InChI=1S/C9H11ClN2O/c10-9-11-8(13-12-9)7-4-5-1-2-6(7)3-5/h5-7H,1-4H2. The number of rotatable bonds is 1. The number of hydrogen-bond donors (Lipinski definition) is 0. The molecule has 2 aliphatic rings. The maximum absolute atomic E-state index is 5.62. The molecule has 0 radical (unpaired) electrons. The second-order valence-electron chi connectivity index (χ2n) is 4.18. The molecule has 0 amide bonds. The van der Waals surface area contributed by atoms with Crippen LogP contribution in [0.1, 0.15) is 37.5 Å². The molecule has 4 heteroatoms. The van der Waals surface area contributed by atoms with Crippen molar-refractivity contribution in [3.63, 3.8) is 0 Å². The molecule has 2 aliphatic carbocycles. The van der Waals surface area contributed by atoms with Gasteiger partial charge in [0, 0.05) is 5.92 Å².